The van der Waals surface area contributed by atoms with Crippen molar-refractivity contribution in [2.45, 2.75) is 18.6 Å². The number of rotatable bonds is 4. The van der Waals surface area contributed by atoms with Crippen LogP contribution in [0.5, 0.6) is 11.5 Å². The highest BCUT2D eigenvalue weighted by atomic mass is 35.5. The van der Waals surface area contributed by atoms with Crippen LogP contribution in [0.1, 0.15) is 6.42 Å². The quantitative estimate of drug-likeness (QED) is 0.800. The average molecular weight is 367 g/mol. The van der Waals surface area contributed by atoms with Crippen molar-refractivity contribution in [3.8, 4) is 11.5 Å². The number of carboxylic acid groups (broad SMARTS) is 2. The van der Waals surface area contributed by atoms with Crippen LogP contribution in [0, 0.1) is 0 Å². The fraction of sp³-hybridized carbons (Fsp3) is 0.312. The van der Waals surface area contributed by atoms with E-state index in [9.17, 15) is 14.7 Å². The van der Waals surface area contributed by atoms with Gasteiger partial charge in [0.15, 0.2) is 0 Å². The summed E-state index contributed by atoms with van der Waals surface area (Å²) in [5, 5.41) is 19.2. The molecule has 25 heavy (non-hydrogen) atoms. The zero-order chi connectivity index (χ0) is 18.1. The largest absolute Gasteiger partial charge is 0.497 e. The lowest BCUT2D eigenvalue weighted by Crippen LogP contribution is -2.39. The second-order valence-corrected chi connectivity index (χ2v) is 5.98. The van der Waals surface area contributed by atoms with Crippen molar-refractivity contribution >= 4 is 34.6 Å². The fourth-order valence-electron chi connectivity index (χ4n) is 2.88. The Morgan fingerprint density at radius 2 is 2.08 bits per heavy atom. The maximum Gasteiger partial charge on any atom is 0.408 e. The van der Waals surface area contributed by atoms with Gasteiger partial charge < -0.3 is 19.7 Å². The van der Waals surface area contributed by atoms with E-state index in [0.717, 1.165) is 4.90 Å². The summed E-state index contributed by atoms with van der Waals surface area (Å²) in [6.45, 7) is -0.0378. The number of hydrogen-bond donors (Lipinski definition) is 2. The van der Waals surface area contributed by atoms with Gasteiger partial charge in [0.1, 0.15) is 28.8 Å². The van der Waals surface area contributed by atoms with Gasteiger partial charge in [-0.15, -0.1) is 0 Å². The van der Waals surface area contributed by atoms with E-state index in [2.05, 4.69) is 4.98 Å². The lowest BCUT2D eigenvalue weighted by Gasteiger charge is -2.17. The van der Waals surface area contributed by atoms with Gasteiger partial charge >= 0.3 is 12.1 Å². The minimum absolute atomic E-state index is 0.0378. The summed E-state index contributed by atoms with van der Waals surface area (Å²) in [4.78, 5) is 27.5. The molecule has 3 rings (SSSR count). The molecule has 1 aromatic carbocycles. The summed E-state index contributed by atoms with van der Waals surface area (Å²) < 4.78 is 11.0. The molecule has 2 heterocycles. The lowest BCUT2D eigenvalue weighted by atomic mass is 10.1. The summed E-state index contributed by atoms with van der Waals surface area (Å²) in [6.07, 6.45) is -1.83. The molecule has 1 aromatic heterocycles. The molecule has 9 heteroatoms. The van der Waals surface area contributed by atoms with Gasteiger partial charge in [0.25, 0.3) is 0 Å². The molecule has 0 bridgehead atoms. The number of likely N-dealkylation sites (tertiary alicyclic amines) is 1. The number of aromatic nitrogens is 1. The summed E-state index contributed by atoms with van der Waals surface area (Å²) in [5.41, 5.74) is 0.560. The van der Waals surface area contributed by atoms with Gasteiger partial charge in [-0.05, 0) is 12.1 Å². The first-order valence-corrected chi connectivity index (χ1v) is 7.80. The van der Waals surface area contributed by atoms with Crippen molar-refractivity contribution < 1.29 is 29.3 Å². The highest BCUT2D eigenvalue weighted by Crippen LogP contribution is 2.32. The van der Waals surface area contributed by atoms with Gasteiger partial charge in [-0.3, -0.25) is 4.90 Å². The molecule has 2 aromatic rings. The molecule has 132 valence electrons. The number of hydrogen-bond acceptors (Lipinski definition) is 5. The molecule has 8 nitrogen and oxygen atoms in total. The summed E-state index contributed by atoms with van der Waals surface area (Å²) in [5.74, 6) is -0.174. The molecule has 1 amide bonds. The Labute approximate surface area is 147 Å². The second kappa shape index (κ2) is 6.64. The smallest absolute Gasteiger partial charge is 0.408 e. The summed E-state index contributed by atoms with van der Waals surface area (Å²) in [7, 11) is 1.54. The number of amides is 1. The minimum Gasteiger partial charge on any atom is -0.497 e. The molecule has 1 aliphatic heterocycles. The first-order chi connectivity index (χ1) is 11.9. The predicted octanol–water partition coefficient (Wildman–Crippen LogP) is 2.48. The first kappa shape index (κ1) is 17.1. The molecule has 2 unspecified atom stereocenters. The maximum absolute atomic E-state index is 11.2. The van der Waals surface area contributed by atoms with Crippen LogP contribution < -0.4 is 9.47 Å². The number of carboxylic acids is 1. The average Bonchev–Trinajstić information content (AvgIpc) is 2.98. The van der Waals surface area contributed by atoms with Crippen molar-refractivity contribution in [2.75, 3.05) is 13.7 Å². The molecule has 0 radical (unpaired) electrons. The van der Waals surface area contributed by atoms with Crippen LogP contribution in [0.3, 0.4) is 0 Å². The van der Waals surface area contributed by atoms with Crippen molar-refractivity contribution in [3.05, 3.63) is 29.4 Å². The normalized spacial score (nSPS) is 19.8. The molecule has 0 aliphatic carbocycles. The summed E-state index contributed by atoms with van der Waals surface area (Å²) >= 11 is 6.03. The Kier molecular flexibility index (Phi) is 4.54. The zero-order valence-electron chi connectivity index (χ0n) is 13.2. The molecule has 1 fully saturated rings. The fourth-order valence-corrected chi connectivity index (χ4v) is 3.07. The third-order valence-electron chi connectivity index (χ3n) is 4.03. The molecule has 1 saturated heterocycles. The van der Waals surface area contributed by atoms with Crippen molar-refractivity contribution in [2.24, 2.45) is 0 Å². The van der Waals surface area contributed by atoms with E-state index in [1.54, 1.807) is 18.2 Å². The van der Waals surface area contributed by atoms with Crippen molar-refractivity contribution in [3.63, 3.8) is 0 Å². The topological polar surface area (TPSA) is 109 Å². The highest BCUT2D eigenvalue weighted by Gasteiger charge is 2.41. The van der Waals surface area contributed by atoms with Gasteiger partial charge in [-0.25, -0.2) is 14.6 Å². The first-order valence-electron chi connectivity index (χ1n) is 7.42. The third kappa shape index (κ3) is 3.39. The van der Waals surface area contributed by atoms with Crippen LogP contribution in [0.2, 0.25) is 5.15 Å². The van der Waals surface area contributed by atoms with Crippen LogP contribution in [0.15, 0.2) is 24.3 Å². The van der Waals surface area contributed by atoms with Gasteiger partial charge in [0, 0.05) is 23.9 Å². The number of pyridine rings is 1. The molecule has 2 N–H and O–H groups in total. The van der Waals surface area contributed by atoms with Gasteiger partial charge in [0.05, 0.1) is 19.2 Å². The lowest BCUT2D eigenvalue weighted by molar-refractivity contribution is -0.141. The Morgan fingerprint density at radius 1 is 1.32 bits per heavy atom. The SMILES string of the molecule is COc1ccc2c(OC3CC(C(=O)O)N(C(=O)O)C3)cc(Cl)nc2c1. The number of nitrogens with zero attached hydrogens (tertiary/aromatic N) is 2. The van der Waals surface area contributed by atoms with Gasteiger partial charge in [-0.1, -0.05) is 11.6 Å². The molecular formula is C16H15ClN2O6. The Hall–Kier alpha value is -2.74. The van der Waals surface area contributed by atoms with Crippen LogP contribution >= 0.6 is 11.6 Å². The van der Waals surface area contributed by atoms with Crippen molar-refractivity contribution in [1.29, 1.82) is 0 Å². The Morgan fingerprint density at radius 3 is 2.68 bits per heavy atom. The minimum atomic E-state index is -1.29. The van der Waals surface area contributed by atoms with E-state index in [-0.39, 0.29) is 18.1 Å². The molecule has 0 spiro atoms. The highest BCUT2D eigenvalue weighted by molar-refractivity contribution is 6.30. The molecular weight excluding hydrogens is 352 g/mol. The number of aliphatic carboxylic acids is 1. The van der Waals surface area contributed by atoms with Gasteiger partial charge in [0.2, 0.25) is 0 Å². The van der Waals surface area contributed by atoms with Crippen molar-refractivity contribution in [1.82, 2.24) is 9.88 Å². The van der Waals surface area contributed by atoms with E-state index in [4.69, 9.17) is 26.2 Å². The van der Waals surface area contributed by atoms with Crippen LogP contribution in [-0.4, -0.2) is 58.0 Å². The van der Waals surface area contributed by atoms with Gasteiger partial charge in [-0.2, -0.15) is 0 Å². The van der Waals surface area contributed by atoms with E-state index in [0.29, 0.717) is 22.4 Å². The number of halogens is 1. The molecule has 0 saturated carbocycles. The number of methoxy groups -OCH3 is 1. The Balaban J connectivity index is 1.90. The van der Waals surface area contributed by atoms with E-state index in [1.165, 1.54) is 13.2 Å². The number of fused-ring (bicyclic) bond motifs is 1. The van der Waals surface area contributed by atoms with Crippen LogP contribution in [0.25, 0.3) is 10.9 Å². The second-order valence-electron chi connectivity index (χ2n) is 5.59. The third-order valence-corrected chi connectivity index (χ3v) is 4.23. The number of benzene rings is 1. The maximum atomic E-state index is 11.2. The number of ether oxygens (including phenoxy) is 2. The number of carbonyl (C=O) groups is 2. The van der Waals surface area contributed by atoms with E-state index >= 15 is 0 Å². The standard InChI is InChI=1S/C16H15ClN2O6/c1-24-8-2-3-10-11(4-8)18-14(17)6-13(10)25-9-5-12(15(20)21)19(7-9)16(22)23/h2-4,6,9,12H,5,7H2,1H3,(H,20,21)(H,22,23). The van der Waals surface area contributed by atoms with Crippen LogP contribution in [-0.2, 0) is 4.79 Å². The van der Waals surface area contributed by atoms with E-state index in [1.807, 2.05) is 0 Å². The van der Waals surface area contributed by atoms with Crippen LogP contribution in [0.4, 0.5) is 4.79 Å². The molecule has 2 atom stereocenters. The zero-order valence-corrected chi connectivity index (χ0v) is 13.9. The molecule has 1 aliphatic rings. The predicted molar refractivity (Wildman–Crippen MR) is 88.5 cm³/mol. The monoisotopic (exact) mass is 366 g/mol. The Bertz CT molecular complexity index is 821. The summed E-state index contributed by atoms with van der Waals surface area (Å²) in [6, 6.07) is 5.59. The van der Waals surface area contributed by atoms with E-state index < -0.39 is 24.2 Å².